The van der Waals surface area contributed by atoms with Crippen molar-refractivity contribution >= 4 is 28.5 Å². The van der Waals surface area contributed by atoms with Gasteiger partial charge in [0.05, 0.1) is 18.2 Å². The molecule has 0 N–H and O–H groups in total. The molecule has 0 saturated carbocycles. The third kappa shape index (κ3) is 3.15. The number of hydrogen-bond donors (Lipinski definition) is 0. The molecule has 6 heteroatoms. The molecule has 0 spiro atoms. The summed E-state index contributed by atoms with van der Waals surface area (Å²) in [6.07, 6.45) is 2.60. The standard InChI is InChI=1S/C20H20ClN3O2/c1-2-8-26-18-5-3-4-14(11-18)20(25)23-6-7-24-17(13-23)10-15-9-16(21)12-22-19(15)24/h3-5,9-12H,2,6-8,13H2,1H3. The van der Waals surface area contributed by atoms with Crippen LogP contribution in [-0.2, 0) is 13.1 Å². The van der Waals surface area contributed by atoms with Crippen molar-refractivity contribution in [3.63, 3.8) is 0 Å². The van der Waals surface area contributed by atoms with Crippen LogP contribution in [0.5, 0.6) is 5.75 Å². The van der Waals surface area contributed by atoms with Gasteiger partial charge in [0, 0.05) is 35.9 Å². The van der Waals surface area contributed by atoms with Crippen molar-refractivity contribution in [3.8, 4) is 5.75 Å². The Morgan fingerprint density at radius 2 is 2.15 bits per heavy atom. The minimum absolute atomic E-state index is 0.0226. The van der Waals surface area contributed by atoms with E-state index in [0.717, 1.165) is 35.4 Å². The van der Waals surface area contributed by atoms with Gasteiger partial charge in [-0.1, -0.05) is 24.6 Å². The van der Waals surface area contributed by atoms with Crippen LogP contribution in [0.25, 0.3) is 11.0 Å². The Morgan fingerprint density at radius 1 is 1.27 bits per heavy atom. The predicted octanol–water partition coefficient (Wildman–Crippen LogP) is 4.13. The maximum absolute atomic E-state index is 12.9. The Labute approximate surface area is 157 Å². The summed E-state index contributed by atoms with van der Waals surface area (Å²) in [5.74, 6) is 0.761. The van der Waals surface area contributed by atoms with E-state index in [0.29, 0.717) is 30.3 Å². The maximum Gasteiger partial charge on any atom is 0.254 e. The SMILES string of the molecule is CCCOc1cccc(C(=O)N2CCn3c(cc4cc(Cl)cnc43)C2)c1. The van der Waals surface area contributed by atoms with Gasteiger partial charge in [-0.3, -0.25) is 4.79 Å². The number of benzene rings is 1. The smallest absolute Gasteiger partial charge is 0.254 e. The number of halogens is 1. The molecule has 3 aromatic rings. The number of ether oxygens (including phenoxy) is 1. The second-order valence-electron chi connectivity index (χ2n) is 6.46. The number of aromatic nitrogens is 2. The maximum atomic E-state index is 12.9. The molecule has 26 heavy (non-hydrogen) atoms. The second-order valence-corrected chi connectivity index (χ2v) is 6.89. The number of rotatable bonds is 4. The molecule has 0 unspecified atom stereocenters. The minimum Gasteiger partial charge on any atom is -0.494 e. The summed E-state index contributed by atoms with van der Waals surface area (Å²) in [5.41, 5.74) is 2.66. The van der Waals surface area contributed by atoms with E-state index in [-0.39, 0.29) is 5.91 Å². The number of hydrogen-bond acceptors (Lipinski definition) is 3. The summed E-state index contributed by atoms with van der Waals surface area (Å²) in [4.78, 5) is 19.2. The molecule has 0 radical (unpaired) electrons. The average molecular weight is 370 g/mol. The lowest BCUT2D eigenvalue weighted by molar-refractivity contribution is 0.0712. The van der Waals surface area contributed by atoms with Crippen molar-refractivity contribution < 1.29 is 9.53 Å². The van der Waals surface area contributed by atoms with Crippen molar-refractivity contribution in [1.82, 2.24) is 14.5 Å². The third-order valence-electron chi connectivity index (χ3n) is 4.57. The van der Waals surface area contributed by atoms with E-state index in [1.807, 2.05) is 35.2 Å². The molecule has 0 fully saturated rings. The number of amides is 1. The highest BCUT2D eigenvalue weighted by Crippen LogP contribution is 2.26. The van der Waals surface area contributed by atoms with Crippen LogP contribution < -0.4 is 4.74 Å². The first kappa shape index (κ1) is 16.9. The Kier molecular flexibility index (Phi) is 4.55. The fourth-order valence-corrected chi connectivity index (χ4v) is 3.51. The molecule has 1 aliphatic heterocycles. The van der Waals surface area contributed by atoms with Crippen molar-refractivity contribution in [2.75, 3.05) is 13.2 Å². The van der Waals surface area contributed by atoms with Gasteiger partial charge in [0.2, 0.25) is 0 Å². The molecular formula is C20H20ClN3O2. The van der Waals surface area contributed by atoms with Gasteiger partial charge in [-0.15, -0.1) is 0 Å². The summed E-state index contributed by atoms with van der Waals surface area (Å²) in [5, 5.41) is 1.63. The van der Waals surface area contributed by atoms with Crippen LogP contribution in [0.1, 0.15) is 29.4 Å². The summed E-state index contributed by atoms with van der Waals surface area (Å²) < 4.78 is 7.81. The van der Waals surface area contributed by atoms with Crippen molar-refractivity contribution in [1.29, 1.82) is 0 Å². The Hall–Kier alpha value is -2.53. The van der Waals surface area contributed by atoms with Crippen LogP contribution >= 0.6 is 11.6 Å². The zero-order chi connectivity index (χ0) is 18.1. The van der Waals surface area contributed by atoms with Gasteiger partial charge >= 0.3 is 0 Å². The number of carbonyl (C=O) groups excluding carboxylic acids is 1. The third-order valence-corrected chi connectivity index (χ3v) is 4.78. The minimum atomic E-state index is 0.0226. The Bertz CT molecular complexity index is 967. The molecule has 2 aromatic heterocycles. The molecule has 1 aromatic carbocycles. The number of fused-ring (bicyclic) bond motifs is 3. The first-order valence-corrected chi connectivity index (χ1v) is 9.19. The van der Waals surface area contributed by atoms with E-state index in [1.54, 1.807) is 6.20 Å². The summed E-state index contributed by atoms with van der Waals surface area (Å²) >= 11 is 6.04. The van der Waals surface area contributed by atoms with E-state index in [4.69, 9.17) is 16.3 Å². The second kappa shape index (κ2) is 7.00. The fraction of sp³-hybridized carbons (Fsp3) is 0.300. The van der Waals surface area contributed by atoms with E-state index in [9.17, 15) is 4.79 Å². The van der Waals surface area contributed by atoms with Crippen LogP contribution in [-0.4, -0.2) is 33.5 Å². The van der Waals surface area contributed by atoms with E-state index in [1.165, 1.54) is 0 Å². The van der Waals surface area contributed by atoms with Gasteiger partial charge in [-0.25, -0.2) is 4.98 Å². The van der Waals surface area contributed by atoms with Crippen molar-refractivity contribution in [2.45, 2.75) is 26.4 Å². The number of nitrogens with zero attached hydrogens (tertiary/aromatic N) is 3. The molecule has 1 amide bonds. The molecule has 1 aliphatic rings. The molecule has 134 valence electrons. The van der Waals surface area contributed by atoms with Gasteiger partial charge in [-0.05, 0) is 36.8 Å². The van der Waals surface area contributed by atoms with Gasteiger partial charge in [0.1, 0.15) is 11.4 Å². The number of carbonyl (C=O) groups is 1. The van der Waals surface area contributed by atoms with Crippen LogP contribution in [0.3, 0.4) is 0 Å². The predicted molar refractivity (Wildman–Crippen MR) is 102 cm³/mol. The lowest BCUT2D eigenvalue weighted by atomic mass is 10.1. The van der Waals surface area contributed by atoms with Crippen LogP contribution in [0.15, 0.2) is 42.6 Å². The molecular weight excluding hydrogens is 350 g/mol. The van der Waals surface area contributed by atoms with Crippen LogP contribution in [0, 0.1) is 0 Å². The highest BCUT2D eigenvalue weighted by molar-refractivity contribution is 6.31. The van der Waals surface area contributed by atoms with E-state index >= 15 is 0 Å². The molecule has 5 nitrogen and oxygen atoms in total. The average Bonchev–Trinajstić information content (AvgIpc) is 3.02. The van der Waals surface area contributed by atoms with Crippen LogP contribution in [0.2, 0.25) is 5.02 Å². The van der Waals surface area contributed by atoms with Gasteiger partial charge in [-0.2, -0.15) is 0 Å². The lowest BCUT2D eigenvalue weighted by Gasteiger charge is -2.29. The van der Waals surface area contributed by atoms with Crippen molar-refractivity contribution in [2.24, 2.45) is 0 Å². The Balaban J connectivity index is 1.56. The largest absolute Gasteiger partial charge is 0.494 e. The highest BCUT2D eigenvalue weighted by Gasteiger charge is 2.24. The summed E-state index contributed by atoms with van der Waals surface area (Å²) in [6, 6.07) is 11.4. The van der Waals surface area contributed by atoms with Crippen molar-refractivity contribution in [3.05, 3.63) is 58.9 Å². The van der Waals surface area contributed by atoms with Crippen LogP contribution in [0.4, 0.5) is 0 Å². The zero-order valence-electron chi connectivity index (χ0n) is 14.6. The fourth-order valence-electron chi connectivity index (χ4n) is 3.34. The number of pyridine rings is 1. The van der Waals surface area contributed by atoms with Gasteiger partial charge in [0.15, 0.2) is 0 Å². The Morgan fingerprint density at radius 3 is 3.00 bits per heavy atom. The summed E-state index contributed by atoms with van der Waals surface area (Å²) in [6.45, 7) is 4.65. The molecule has 0 aliphatic carbocycles. The first-order chi connectivity index (χ1) is 12.7. The molecule has 0 saturated heterocycles. The molecule has 4 rings (SSSR count). The highest BCUT2D eigenvalue weighted by atomic mass is 35.5. The van der Waals surface area contributed by atoms with E-state index in [2.05, 4.69) is 22.5 Å². The lowest BCUT2D eigenvalue weighted by Crippen LogP contribution is -2.38. The van der Waals surface area contributed by atoms with Gasteiger partial charge in [0.25, 0.3) is 5.91 Å². The summed E-state index contributed by atoms with van der Waals surface area (Å²) in [7, 11) is 0. The molecule has 3 heterocycles. The molecule has 0 bridgehead atoms. The first-order valence-electron chi connectivity index (χ1n) is 8.81. The zero-order valence-corrected chi connectivity index (χ0v) is 15.4. The quantitative estimate of drug-likeness (QED) is 0.694. The monoisotopic (exact) mass is 369 g/mol. The van der Waals surface area contributed by atoms with E-state index < -0.39 is 0 Å². The van der Waals surface area contributed by atoms with Gasteiger partial charge < -0.3 is 14.2 Å². The normalized spacial score (nSPS) is 13.7. The molecule has 0 atom stereocenters. The topological polar surface area (TPSA) is 47.4 Å².